The van der Waals surface area contributed by atoms with E-state index in [1.54, 1.807) is 0 Å². The molecule has 0 bridgehead atoms. The van der Waals surface area contributed by atoms with E-state index < -0.39 is 17.4 Å². The Morgan fingerprint density at radius 3 is 1.55 bits per heavy atom. The second kappa shape index (κ2) is 8.98. The quantitative estimate of drug-likeness (QED) is 0.597. The molecule has 0 aliphatic heterocycles. The minimum absolute atomic E-state index is 0.265. The molecule has 0 aliphatic carbocycles. The molecule has 0 radical (unpaired) electrons. The Morgan fingerprint density at radius 2 is 1.30 bits per heavy atom. The number of hydrogen-bond acceptors (Lipinski definition) is 2. The third-order valence-electron chi connectivity index (χ3n) is 3.82. The summed E-state index contributed by atoms with van der Waals surface area (Å²) in [5.41, 5.74) is -1.09. The Labute approximate surface area is 122 Å². The largest absolute Gasteiger partial charge is 0.481 e. The van der Waals surface area contributed by atoms with Crippen molar-refractivity contribution in [2.24, 2.45) is 17.3 Å². The number of carboxylic acid groups (broad SMARTS) is 2. The molecule has 0 aliphatic rings. The Balaban J connectivity index is 4.75. The summed E-state index contributed by atoms with van der Waals surface area (Å²) in [7, 11) is 0. The van der Waals surface area contributed by atoms with Crippen LogP contribution in [0.1, 0.15) is 72.6 Å². The van der Waals surface area contributed by atoms with Crippen LogP contribution >= 0.6 is 0 Å². The van der Waals surface area contributed by atoms with Gasteiger partial charge in [-0.2, -0.15) is 0 Å². The van der Waals surface area contributed by atoms with Gasteiger partial charge in [0.05, 0.1) is 11.8 Å². The molecule has 0 aromatic carbocycles. The minimum Gasteiger partial charge on any atom is -0.481 e. The van der Waals surface area contributed by atoms with Gasteiger partial charge in [-0.1, -0.05) is 53.4 Å². The van der Waals surface area contributed by atoms with Crippen LogP contribution in [0, 0.1) is 17.3 Å². The molecule has 0 rings (SSSR count). The molecular formula is C16H30O4. The van der Waals surface area contributed by atoms with Crippen molar-refractivity contribution in [2.45, 2.75) is 72.6 Å². The first-order valence-corrected chi connectivity index (χ1v) is 7.65. The van der Waals surface area contributed by atoms with Crippen LogP contribution in [0.15, 0.2) is 0 Å². The number of carbonyl (C=O) groups is 2. The van der Waals surface area contributed by atoms with Crippen molar-refractivity contribution in [1.82, 2.24) is 0 Å². The minimum atomic E-state index is -1.09. The Kier molecular flexibility index (Phi) is 8.51. The second-order valence-electron chi connectivity index (χ2n) is 6.73. The molecule has 0 atom stereocenters. The molecular weight excluding hydrogens is 256 g/mol. The summed E-state index contributed by atoms with van der Waals surface area (Å²) < 4.78 is 0. The summed E-state index contributed by atoms with van der Waals surface area (Å²) in [6, 6.07) is 0. The van der Waals surface area contributed by atoms with Gasteiger partial charge in [0.2, 0.25) is 0 Å². The predicted molar refractivity (Wildman–Crippen MR) is 79.7 cm³/mol. The summed E-state index contributed by atoms with van der Waals surface area (Å²) in [4.78, 5) is 22.7. The van der Waals surface area contributed by atoms with Gasteiger partial charge in [-0.3, -0.25) is 9.59 Å². The van der Waals surface area contributed by atoms with Gasteiger partial charge in [0.15, 0.2) is 0 Å². The zero-order valence-corrected chi connectivity index (χ0v) is 13.3. The lowest BCUT2D eigenvalue weighted by molar-refractivity contribution is -0.157. The maximum atomic E-state index is 11.6. The highest BCUT2D eigenvalue weighted by atomic mass is 16.4. The van der Waals surface area contributed by atoms with Crippen LogP contribution in [0.3, 0.4) is 0 Å². The fraction of sp³-hybridized carbons (Fsp3) is 0.875. The molecule has 4 nitrogen and oxygen atoms in total. The van der Waals surface area contributed by atoms with Crippen molar-refractivity contribution in [3.05, 3.63) is 0 Å². The molecule has 0 aromatic rings. The van der Waals surface area contributed by atoms with Gasteiger partial charge < -0.3 is 10.2 Å². The van der Waals surface area contributed by atoms with Crippen molar-refractivity contribution >= 4 is 11.9 Å². The summed E-state index contributed by atoms with van der Waals surface area (Å²) in [6.45, 7) is 8.38. The molecule has 0 spiro atoms. The van der Waals surface area contributed by atoms with Crippen LogP contribution in [0.25, 0.3) is 0 Å². The third-order valence-corrected chi connectivity index (χ3v) is 3.82. The maximum absolute atomic E-state index is 11.6. The van der Waals surface area contributed by atoms with Crippen LogP contribution in [0.5, 0.6) is 0 Å². The summed E-state index contributed by atoms with van der Waals surface area (Å²) in [5.74, 6) is -0.933. The van der Waals surface area contributed by atoms with Crippen molar-refractivity contribution < 1.29 is 19.8 Å². The lowest BCUT2D eigenvalue weighted by atomic mass is 9.74. The van der Waals surface area contributed by atoms with Crippen LogP contribution in [0.4, 0.5) is 0 Å². The van der Waals surface area contributed by atoms with E-state index in [1.165, 1.54) is 0 Å². The van der Waals surface area contributed by atoms with Gasteiger partial charge in [0, 0.05) is 0 Å². The average molecular weight is 286 g/mol. The zero-order valence-electron chi connectivity index (χ0n) is 13.3. The van der Waals surface area contributed by atoms with Gasteiger partial charge >= 0.3 is 11.9 Å². The van der Waals surface area contributed by atoms with E-state index in [4.69, 9.17) is 5.11 Å². The van der Waals surface area contributed by atoms with E-state index >= 15 is 0 Å². The van der Waals surface area contributed by atoms with E-state index in [-0.39, 0.29) is 6.42 Å². The van der Waals surface area contributed by atoms with E-state index in [0.717, 1.165) is 25.7 Å². The fourth-order valence-corrected chi connectivity index (χ4v) is 2.58. The van der Waals surface area contributed by atoms with Crippen molar-refractivity contribution in [3.8, 4) is 0 Å². The molecule has 0 saturated carbocycles. The second-order valence-corrected chi connectivity index (χ2v) is 6.73. The van der Waals surface area contributed by atoms with Crippen LogP contribution < -0.4 is 0 Å². The molecule has 0 heterocycles. The van der Waals surface area contributed by atoms with E-state index in [1.807, 2.05) is 0 Å². The van der Waals surface area contributed by atoms with Gasteiger partial charge in [-0.15, -0.1) is 0 Å². The number of hydrogen-bond donors (Lipinski definition) is 2. The molecule has 0 fully saturated rings. The van der Waals surface area contributed by atoms with Crippen LogP contribution in [-0.2, 0) is 9.59 Å². The third kappa shape index (κ3) is 7.51. The van der Waals surface area contributed by atoms with Crippen LogP contribution in [-0.4, -0.2) is 22.2 Å². The van der Waals surface area contributed by atoms with Crippen LogP contribution in [0.2, 0.25) is 0 Å². The van der Waals surface area contributed by atoms with Gasteiger partial charge in [-0.05, 0) is 24.7 Å². The van der Waals surface area contributed by atoms with Crippen molar-refractivity contribution in [3.63, 3.8) is 0 Å². The number of aliphatic carboxylic acids is 2. The van der Waals surface area contributed by atoms with E-state index in [9.17, 15) is 14.7 Å². The summed E-state index contributed by atoms with van der Waals surface area (Å²) >= 11 is 0. The first-order valence-electron chi connectivity index (χ1n) is 7.65. The first-order chi connectivity index (χ1) is 9.19. The van der Waals surface area contributed by atoms with Gasteiger partial charge in [-0.25, -0.2) is 0 Å². The summed E-state index contributed by atoms with van der Waals surface area (Å²) in [6.07, 6.45) is 4.10. The number of rotatable bonds is 11. The Morgan fingerprint density at radius 1 is 0.900 bits per heavy atom. The maximum Gasteiger partial charge on any atom is 0.310 e. The van der Waals surface area contributed by atoms with E-state index in [0.29, 0.717) is 24.7 Å². The highest BCUT2D eigenvalue weighted by molar-refractivity contribution is 5.81. The van der Waals surface area contributed by atoms with Crippen molar-refractivity contribution in [2.75, 3.05) is 0 Å². The first kappa shape index (κ1) is 18.9. The fourth-order valence-electron chi connectivity index (χ4n) is 2.58. The molecule has 118 valence electrons. The standard InChI is InChI=1S/C16H30O4/c1-12(2)7-5-9-16(15(19)20,11-14(17)18)10-6-8-13(3)4/h12-13H,5-11H2,1-4H3,(H,17,18)(H,19,20). The lowest BCUT2D eigenvalue weighted by Crippen LogP contribution is -2.34. The van der Waals surface area contributed by atoms with Gasteiger partial charge in [0.25, 0.3) is 0 Å². The molecule has 0 saturated heterocycles. The average Bonchev–Trinajstić information content (AvgIpc) is 2.26. The highest BCUT2D eigenvalue weighted by Gasteiger charge is 2.39. The molecule has 4 heteroatoms. The predicted octanol–water partition coefficient (Wildman–Crippen LogP) is 4.18. The molecule has 20 heavy (non-hydrogen) atoms. The molecule has 2 N–H and O–H groups in total. The lowest BCUT2D eigenvalue weighted by Gasteiger charge is -2.28. The smallest absolute Gasteiger partial charge is 0.310 e. The van der Waals surface area contributed by atoms with E-state index in [2.05, 4.69) is 27.7 Å². The molecule has 0 amide bonds. The number of carboxylic acids is 2. The van der Waals surface area contributed by atoms with Crippen molar-refractivity contribution in [1.29, 1.82) is 0 Å². The summed E-state index contributed by atoms with van der Waals surface area (Å²) in [5, 5.41) is 18.6. The Bertz CT molecular complexity index is 294. The monoisotopic (exact) mass is 286 g/mol. The SMILES string of the molecule is CC(C)CCCC(CCCC(C)C)(CC(=O)O)C(=O)O. The van der Waals surface area contributed by atoms with Gasteiger partial charge in [0.1, 0.15) is 0 Å². The topological polar surface area (TPSA) is 74.6 Å². The Hall–Kier alpha value is -1.06. The molecule has 0 unspecified atom stereocenters. The zero-order chi connectivity index (χ0) is 15.8. The normalized spacial score (nSPS) is 12.1. The molecule has 0 aromatic heterocycles. The highest BCUT2D eigenvalue weighted by Crippen LogP contribution is 2.36.